The first-order valence-corrected chi connectivity index (χ1v) is 7.83. The molecule has 0 radical (unpaired) electrons. The molecule has 1 saturated carbocycles. The van der Waals surface area contributed by atoms with E-state index in [2.05, 4.69) is 16.3 Å². The summed E-state index contributed by atoms with van der Waals surface area (Å²) in [5, 5.41) is 21.8. The van der Waals surface area contributed by atoms with E-state index in [1.165, 1.54) is 0 Å². The van der Waals surface area contributed by atoms with Crippen molar-refractivity contribution in [2.45, 2.75) is 25.4 Å². The number of nitrogens with zero attached hydrogens (tertiary/aromatic N) is 2. The van der Waals surface area contributed by atoms with Crippen molar-refractivity contribution in [1.29, 1.82) is 5.26 Å². The molecule has 1 amide bonds. The van der Waals surface area contributed by atoms with Gasteiger partial charge in [0, 0.05) is 44.1 Å². The van der Waals surface area contributed by atoms with Gasteiger partial charge in [0.05, 0.1) is 11.6 Å². The summed E-state index contributed by atoms with van der Waals surface area (Å²) in [6.45, 7) is 2.22. The second-order valence-electron chi connectivity index (χ2n) is 6.30. The first kappa shape index (κ1) is 15.0. The van der Waals surface area contributed by atoms with Gasteiger partial charge in [-0.1, -0.05) is 18.2 Å². The SMILES string of the molecule is N#Cc1ccccc1CN1C[C@@H](CO)[C@H](NC(=O)C2CC2)C1. The third-order valence-corrected chi connectivity index (χ3v) is 4.56. The van der Waals surface area contributed by atoms with Gasteiger partial charge in [0.25, 0.3) is 0 Å². The minimum absolute atomic E-state index is 0.00680. The Morgan fingerprint density at radius 2 is 2.14 bits per heavy atom. The van der Waals surface area contributed by atoms with E-state index < -0.39 is 0 Å². The molecule has 5 nitrogen and oxygen atoms in total. The summed E-state index contributed by atoms with van der Waals surface area (Å²) in [6.07, 6.45) is 1.98. The highest BCUT2D eigenvalue weighted by molar-refractivity contribution is 5.81. The van der Waals surface area contributed by atoms with Gasteiger partial charge in [0.15, 0.2) is 0 Å². The summed E-state index contributed by atoms with van der Waals surface area (Å²) in [5.41, 5.74) is 1.68. The smallest absolute Gasteiger partial charge is 0.223 e. The fourth-order valence-electron chi connectivity index (χ4n) is 3.09. The molecule has 1 aromatic rings. The van der Waals surface area contributed by atoms with Crippen LogP contribution in [0.3, 0.4) is 0 Å². The van der Waals surface area contributed by atoms with Crippen LogP contribution >= 0.6 is 0 Å². The molecule has 0 bridgehead atoms. The van der Waals surface area contributed by atoms with Crippen molar-refractivity contribution in [3.8, 4) is 6.07 Å². The van der Waals surface area contributed by atoms with Crippen molar-refractivity contribution in [2.75, 3.05) is 19.7 Å². The van der Waals surface area contributed by atoms with Crippen molar-refractivity contribution in [1.82, 2.24) is 10.2 Å². The normalized spacial score (nSPS) is 24.9. The topological polar surface area (TPSA) is 76.4 Å². The van der Waals surface area contributed by atoms with Gasteiger partial charge in [0.1, 0.15) is 0 Å². The number of nitrogens with one attached hydrogen (secondary N) is 1. The monoisotopic (exact) mass is 299 g/mol. The van der Waals surface area contributed by atoms with E-state index in [0.717, 1.165) is 31.5 Å². The number of carbonyl (C=O) groups excluding carboxylic acids is 1. The highest BCUT2D eigenvalue weighted by Gasteiger charge is 2.37. The zero-order chi connectivity index (χ0) is 15.5. The van der Waals surface area contributed by atoms with Crippen LogP contribution in [0.15, 0.2) is 24.3 Å². The summed E-state index contributed by atoms with van der Waals surface area (Å²) in [4.78, 5) is 14.1. The molecule has 0 unspecified atom stereocenters. The number of aliphatic hydroxyl groups is 1. The van der Waals surface area contributed by atoms with Gasteiger partial charge in [-0.15, -0.1) is 0 Å². The molecule has 1 saturated heterocycles. The average molecular weight is 299 g/mol. The van der Waals surface area contributed by atoms with Crippen molar-refractivity contribution >= 4 is 5.91 Å². The summed E-state index contributed by atoms with van der Waals surface area (Å²) in [7, 11) is 0. The van der Waals surface area contributed by atoms with E-state index in [9.17, 15) is 9.90 Å². The van der Waals surface area contributed by atoms with E-state index in [1.807, 2.05) is 24.3 Å². The van der Waals surface area contributed by atoms with Crippen molar-refractivity contribution in [2.24, 2.45) is 11.8 Å². The van der Waals surface area contributed by atoms with Crippen LogP contribution in [-0.2, 0) is 11.3 Å². The summed E-state index contributed by atoms with van der Waals surface area (Å²) >= 11 is 0. The molecule has 2 aliphatic rings. The number of aliphatic hydroxyl groups excluding tert-OH is 1. The molecule has 1 aromatic carbocycles. The Balaban J connectivity index is 1.63. The van der Waals surface area contributed by atoms with Crippen LogP contribution in [0.2, 0.25) is 0 Å². The predicted octanol–water partition coefficient (Wildman–Crippen LogP) is 0.877. The standard InChI is InChI=1S/C17H21N3O2/c18-7-13-3-1-2-4-14(13)8-20-9-15(11-21)16(10-20)19-17(22)12-5-6-12/h1-4,12,15-16,21H,5-6,8-11H2,(H,19,22)/t15-,16+/m0/s1. The number of benzene rings is 1. The molecule has 2 fully saturated rings. The fourth-order valence-corrected chi connectivity index (χ4v) is 3.09. The van der Waals surface area contributed by atoms with Crippen LogP contribution < -0.4 is 5.32 Å². The average Bonchev–Trinajstić information content (AvgIpc) is 3.31. The van der Waals surface area contributed by atoms with E-state index >= 15 is 0 Å². The first-order chi connectivity index (χ1) is 10.7. The number of amides is 1. The Bertz CT molecular complexity index is 592. The van der Waals surface area contributed by atoms with Crippen LogP contribution in [0, 0.1) is 23.2 Å². The maximum absolute atomic E-state index is 11.9. The quantitative estimate of drug-likeness (QED) is 0.846. The minimum Gasteiger partial charge on any atom is -0.396 e. The van der Waals surface area contributed by atoms with Crippen molar-refractivity contribution < 1.29 is 9.90 Å². The van der Waals surface area contributed by atoms with Gasteiger partial charge in [-0.2, -0.15) is 5.26 Å². The van der Waals surface area contributed by atoms with E-state index in [0.29, 0.717) is 12.1 Å². The Labute approximate surface area is 130 Å². The second-order valence-corrected chi connectivity index (χ2v) is 6.30. The lowest BCUT2D eigenvalue weighted by Gasteiger charge is -2.18. The number of hydrogen-bond acceptors (Lipinski definition) is 4. The number of rotatable bonds is 5. The largest absolute Gasteiger partial charge is 0.396 e. The molecule has 5 heteroatoms. The lowest BCUT2D eigenvalue weighted by Crippen LogP contribution is -2.42. The highest BCUT2D eigenvalue weighted by Crippen LogP contribution is 2.30. The third kappa shape index (κ3) is 3.29. The van der Waals surface area contributed by atoms with Gasteiger partial charge in [-0.25, -0.2) is 0 Å². The Morgan fingerprint density at radius 1 is 1.36 bits per heavy atom. The Morgan fingerprint density at radius 3 is 2.82 bits per heavy atom. The summed E-state index contributed by atoms with van der Waals surface area (Å²) in [5.74, 6) is 0.382. The zero-order valence-corrected chi connectivity index (χ0v) is 12.5. The van der Waals surface area contributed by atoms with Gasteiger partial charge in [-0.3, -0.25) is 9.69 Å². The van der Waals surface area contributed by atoms with Crippen LogP contribution in [0.4, 0.5) is 0 Å². The molecule has 3 rings (SSSR count). The molecule has 0 spiro atoms. The molecule has 0 aromatic heterocycles. The fraction of sp³-hybridized carbons (Fsp3) is 0.529. The van der Waals surface area contributed by atoms with Gasteiger partial charge >= 0.3 is 0 Å². The van der Waals surface area contributed by atoms with Crippen LogP contribution in [-0.4, -0.2) is 41.7 Å². The number of hydrogen-bond donors (Lipinski definition) is 2. The highest BCUT2D eigenvalue weighted by atomic mass is 16.3. The van der Waals surface area contributed by atoms with E-state index in [1.54, 1.807) is 0 Å². The molecular formula is C17H21N3O2. The molecule has 2 atom stereocenters. The molecular weight excluding hydrogens is 278 g/mol. The molecule has 2 N–H and O–H groups in total. The molecule has 1 aliphatic heterocycles. The number of carbonyl (C=O) groups is 1. The molecule has 1 heterocycles. The van der Waals surface area contributed by atoms with Crippen LogP contribution in [0.25, 0.3) is 0 Å². The van der Waals surface area contributed by atoms with Gasteiger partial charge in [0.2, 0.25) is 5.91 Å². The first-order valence-electron chi connectivity index (χ1n) is 7.83. The van der Waals surface area contributed by atoms with Crippen LogP contribution in [0.1, 0.15) is 24.0 Å². The summed E-state index contributed by atoms with van der Waals surface area (Å²) in [6, 6.07) is 9.80. The van der Waals surface area contributed by atoms with E-state index in [-0.39, 0.29) is 30.4 Å². The summed E-state index contributed by atoms with van der Waals surface area (Å²) < 4.78 is 0. The lowest BCUT2D eigenvalue weighted by molar-refractivity contribution is -0.123. The maximum atomic E-state index is 11.9. The zero-order valence-electron chi connectivity index (χ0n) is 12.5. The third-order valence-electron chi connectivity index (χ3n) is 4.56. The second kappa shape index (κ2) is 6.47. The number of likely N-dealkylation sites (tertiary alicyclic amines) is 1. The van der Waals surface area contributed by atoms with Gasteiger partial charge in [-0.05, 0) is 24.5 Å². The maximum Gasteiger partial charge on any atom is 0.223 e. The Hall–Kier alpha value is -1.90. The van der Waals surface area contributed by atoms with Crippen molar-refractivity contribution in [3.05, 3.63) is 35.4 Å². The Kier molecular flexibility index (Phi) is 4.41. The van der Waals surface area contributed by atoms with E-state index in [4.69, 9.17) is 5.26 Å². The predicted molar refractivity (Wildman–Crippen MR) is 81.7 cm³/mol. The van der Waals surface area contributed by atoms with Gasteiger partial charge < -0.3 is 10.4 Å². The number of nitriles is 1. The molecule has 22 heavy (non-hydrogen) atoms. The van der Waals surface area contributed by atoms with Crippen LogP contribution in [0.5, 0.6) is 0 Å². The van der Waals surface area contributed by atoms with Crippen molar-refractivity contribution in [3.63, 3.8) is 0 Å². The lowest BCUT2D eigenvalue weighted by atomic mass is 10.1. The molecule has 116 valence electrons. The molecule has 1 aliphatic carbocycles. The minimum atomic E-state index is 0.00680.